The molecule has 0 atom stereocenters. The second-order valence-corrected chi connectivity index (χ2v) is 24.9. The number of hydrogen-bond donors (Lipinski definition) is 0. The van der Waals surface area contributed by atoms with Gasteiger partial charge in [0, 0.05) is 74.0 Å². The second-order valence-electron chi connectivity index (χ2n) is 22.8. The molecule has 6 nitrogen and oxygen atoms in total. The van der Waals surface area contributed by atoms with Crippen molar-refractivity contribution in [3.05, 3.63) is 284 Å². The molecule has 8 heteroatoms. The average molecular weight is 1150 g/mol. The van der Waals surface area contributed by atoms with Gasteiger partial charge in [0.15, 0.2) is 0 Å². The number of rotatable bonds is 6. The van der Waals surface area contributed by atoms with Crippen molar-refractivity contribution < 1.29 is 0 Å². The molecular weight excluding hydrogens is 1110 g/mol. The summed E-state index contributed by atoms with van der Waals surface area (Å²) in [6, 6.07) is 98.7. The summed E-state index contributed by atoms with van der Waals surface area (Å²) in [4.78, 5) is 4.98. The van der Waals surface area contributed by atoms with Crippen LogP contribution in [0, 0.1) is 17.9 Å². The van der Waals surface area contributed by atoms with Gasteiger partial charge in [-0.25, -0.2) is 4.85 Å². The van der Waals surface area contributed by atoms with Gasteiger partial charge in [0.1, 0.15) is 6.07 Å². The van der Waals surface area contributed by atoms with Crippen LogP contribution in [0.15, 0.2) is 267 Å². The number of nitriles is 1. The Bertz CT molecular complexity index is 6070. The second kappa shape index (κ2) is 18.5. The maximum absolute atomic E-state index is 13.1. The zero-order valence-corrected chi connectivity index (χ0v) is 48.5. The van der Waals surface area contributed by atoms with Crippen molar-refractivity contribution in [3.63, 3.8) is 0 Å². The number of aromatic nitrogens is 4. The quantitative estimate of drug-likeness (QED) is 0.153. The normalized spacial score (nSPS) is 12.1. The molecule has 6 aromatic heterocycles. The van der Waals surface area contributed by atoms with Gasteiger partial charge in [-0.3, -0.25) is 0 Å². The summed E-state index contributed by atoms with van der Waals surface area (Å²) in [5, 5.41) is 26.1. The fourth-order valence-electron chi connectivity index (χ4n) is 14.7. The molecule has 0 unspecified atom stereocenters. The van der Waals surface area contributed by atoms with Crippen molar-refractivity contribution in [2.75, 3.05) is 0 Å². The minimum absolute atomic E-state index is 0.353. The van der Waals surface area contributed by atoms with Crippen molar-refractivity contribution in [2.45, 2.75) is 0 Å². The first kappa shape index (κ1) is 48.8. The number of para-hydroxylation sites is 4. The molecule has 0 N–H and O–H groups in total. The third-order valence-electron chi connectivity index (χ3n) is 18.4. The topological polar surface area (TPSA) is 47.9 Å². The number of thiophene rings is 2. The predicted octanol–water partition coefficient (Wildman–Crippen LogP) is 22.6. The van der Waals surface area contributed by atoms with E-state index in [0.29, 0.717) is 28.3 Å². The lowest BCUT2D eigenvalue weighted by Crippen LogP contribution is -2.14. The zero-order chi connectivity index (χ0) is 57.9. The van der Waals surface area contributed by atoms with Crippen molar-refractivity contribution in [2.24, 2.45) is 0 Å². The highest BCUT2D eigenvalue weighted by Gasteiger charge is 2.36. The SMILES string of the molecule is [C-]#[N+]c1c(-n2c3ccccc3c3ccccc32)c(-n2c3ccc(-c4ccccc4)cc3c3ccc4c5ccccc5sc4c32)c(-n2c3ccccc3c3ccccc32)c(C#N)c1-n1c2ccc(-c3ccccc3)cc2c2ccc3c4ccccc4sc3c21. The van der Waals surface area contributed by atoms with Gasteiger partial charge in [-0.15, -0.1) is 22.7 Å². The smallest absolute Gasteiger partial charge is 0.237 e. The lowest BCUT2D eigenvalue weighted by molar-refractivity contribution is 1.04. The Hall–Kier alpha value is -11.5. The van der Waals surface area contributed by atoms with Crippen LogP contribution in [0.3, 0.4) is 0 Å². The van der Waals surface area contributed by atoms with Crippen molar-refractivity contribution in [3.8, 4) is 51.1 Å². The molecule has 13 aromatic carbocycles. The fraction of sp³-hybridized carbons (Fsp3) is 0. The lowest BCUT2D eigenvalue weighted by atomic mass is 10.0. The third kappa shape index (κ3) is 6.62. The van der Waals surface area contributed by atoms with Crippen LogP contribution < -0.4 is 0 Å². The molecule has 0 fully saturated rings. The van der Waals surface area contributed by atoms with Crippen LogP contribution >= 0.6 is 22.7 Å². The Morgan fingerprint density at radius 1 is 0.295 bits per heavy atom. The van der Waals surface area contributed by atoms with Crippen LogP contribution in [0.2, 0.25) is 0 Å². The summed E-state index contributed by atoms with van der Waals surface area (Å²) >= 11 is 3.56. The fourth-order valence-corrected chi connectivity index (χ4v) is 17.2. The first-order valence-electron chi connectivity index (χ1n) is 29.5. The van der Waals surface area contributed by atoms with Crippen LogP contribution in [0.25, 0.3) is 177 Å². The van der Waals surface area contributed by atoms with Crippen molar-refractivity contribution >= 4 is 156 Å². The maximum Gasteiger partial charge on any atom is 0.237 e. The molecule has 0 aliphatic carbocycles. The first-order chi connectivity index (χ1) is 43.6. The molecule has 0 radical (unpaired) electrons. The minimum atomic E-state index is 0.353. The number of nitrogens with zero attached hydrogens (tertiary/aromatic N) is 6. The maximum atomic E-state index is 13.1. The highest BCUT2D eigenvalue weighted by molar-refractivity contribution is 7.27. The molecule has 0 saturated heterocycles. The highest BCUT2D eigenvalue weighted by atomic mass is 32.1. The Balaban J connectivity index is 1.12. The summed E-state index contributed by atoms with van der Waals surface area (Å²) in [5.41, 5.74) is 15.3. The monoisotopic (exact) mass is 1150 g/mol. The molecule has 88 heavy (non-hydrogen) atoms. The van der Waals surface area contributed by atoms with E-state index in [1.54, 1.807) is 22.7 Å². The molecule has 406 valence electrons. The van der Waals surface area contributed by atoms with E-state index in [1.165, 1.54) is 20.2 Å². The van der Waals surface area contributed by atoms with Gasteiger partial charge in [-0.2, -0.15) is 5.26 Å². The number of fused-ring (bicyclic) bond motifs is 20. The van der Waals surface area contributed by atoms with E-state index >= 15 is 0 Å². The summed E-state index contributed by atoms with van der Waals surface area (Å²) in [5.74, 6) is 0. The Labute approximate surface area is 511 Å². The summed E-state index contributed by atoms with van der Waals surface area (Å²) in [6.07, 6.45) is 0. The first-order valence-corrected chi connectivity index (χ1v) is 31.1. The molecule has 0 amide bonds. The summed E-state index contributed by atoms with van der Waals surface area (Å²) in [6.45, 7) is 10.2. The van der Waals surface area contributed by atoms with E-state index in [4.69, 9.17) is 4.85 Å². The average Bonchev–Trinajstić information content (AvgIpc) is 1.48. The molecular formula is C80H44N6S2. The van der Waals surface area contributed by atoms with E-state index in [1.807, 2.05) is 0 Å². The highest BCUT2D eigenvalue weighted by Crippen LogP contribution is 2.55. The Morgan fingerprint density at radius 2 is 0.659 bits per heavy atom. The predicted molar refractivity (Wildman–Crippen MR) is 371 cm³/mol. The standard InChI is InChI=1S/C80H44N6S2/c1-82-72-73(85-68-42-36-49(47-20-4-2-5-21-47)44-61(68)57-38-40-59-55-28-12-18-34-70(55)87-79(59)75(57)85)63(46-81)74(83-64-30-14-8-24-51(64)52-25-9-15-31-65(52)83)78(77(72)84-66-32-16-10-26-53(66)54-27-11-17-33-67(54)84)86-69-43-37-50(48-22-6-3-7-23-48)45-62(69)58-39-41-60-56-29-13-19-35-71(56)88-80(60)76(58)86/h2-45H. The minimum Gasteiger partial charge on any atom is -0.317 e. The molecule has 0 saturated carbocycles. The van der Waals surface area contributed by atoms with Crippen LogP contribution in [0.1, 0.15) is 5.56 Å². The van der Waals surface area contributed by atoms with E-state index in [9.17, 15) is 11.8 Å². The van der Waals surface area contributed by atoms with E-state index in [-0.39, 0.29) is 0 Å². The Kier molecular flexibility index (Phi) is 10.3. The van der Waals surface area contributed by atoms with Gasteiger partial charge in [0.25, 0.3) is 0 Å². The molecule has 0 bridgehead atoms. The zero-order valence-electron chi connectivity index (χ0n) is 46.9. The van der Waals surface area contributed by atoms with Gasteiger partial charge in [0.05, 0.1) is 88.4 Å². The van der Waals surface area contributed by atoms with Crippen molar-refractivity contribution in [1.82, 2.24) is 18.3 Å². The molecule has 6 heterocycles. The van der Waals surface area contributed by atoms with E-state index < -0.39 is 0 Å². The van der Waals surface area contributed by atoms with Crippen molar-refractivity contribution in [1.29, 1.82) is 5.26 Å². The third-order valence-corrected chi connectivity index (χ3v) is 20.8. The van der Waals surface area contributed by atoms with Gasteiger partial charge < -0.3 is 18.3 Å². The van der Waals surface area contributed by atoms with E-state index in [0.717, 1.165) is 135 Å². The molecule has 0 aliphatic rings. The van der Waals surface area contributed by atoms with Gasteiger partial charge in [-0.1, -0.05) is 206 Å². The molecule has 19 rings (SSSR count). The molecule has 19 aromatic rings. The largest absolute Gasteiger partial charge is 0.317 e. The summed E-state index contributed by atoms with van der Waals surface area (Å²) < 4.78 is 14.0. The molecule has 0 aliphatic heterocycles. The van der Waals surface area contributed by atoms with Gasteiger partial charge in [-0.05, 0) is 82.9 Å². The van der Waals surface area contributed by atoms with Gasteiger partial charge in [0.2, 0.25) is 5.69 Å². The van der Waals surface area contributed by atoms with Crippen LogP contribution in [0.5, 0.6) is 0 Å². The van der Waals surface area contributed by atoms with Crippen LogP contribution in [-0.2, 0) is 0 Å². The lowest BCUT2D eigenvalue weighted by Gasteiger charge is -2.27. The summed E-state index contributed by atoms with van der Waals surface area (Å²) in [7, 11) is 0. The van der Waals surface area contributed by atoms with Gasteiger partial charge >= 0.3 is 0 Å². The van der Waals surface area contributed by atoms with E-state index in [2.05, 4.69) is 291 Å². The number of benzene rings is 13. The Morgan fingerprint density at radius 3 is 1.09 bits per heavy atom. The van der Waals surface area contributed by atoms with Crippen LogP contribution in [-0.4, -0.2) is 18.3 Å². The number of hydrogen-bond acceptors (Lipinski definition) is 3. The van der Waals surface area contributed by atoms with Crippen LogP contribution in [0.4, 0.5) is 5.69 Å². The molecule has 0 spiro atoms.